The molecule has 0 spiro atoms. The number of rotatable bonds is 2. The van der Waals surface area contributed by atoms with Gasteiger partial charge in [-0.05, 0) is 49.2 Å². The lowest BCUT2D eigenvalue weighted by Crippen LogP contribution is -2.19. The third kappa shape index (κ3) is 6.01. The molecule has 6 nitrogen and oxygen atoms in total. The number of aromatic hydroxyl groups is 1. The Morgan fingerprint density at radius 3 is 2.22 bits per heavy atom. The number of carboxylic acids is 1. The van der Waals surface area contributed by atoms with E-state index in [1.165, 1.54) is 6.07 Å². The Morgan fingerprint density at radius 1 is 1.04 bits per heavy atom. The van der Waals surface area contributed by atoms with Gasteiger partial charge in [-0.2, -0.15) is 0 Å². The van der Waals surface area contributed by atoms with Crippen LogP contribution in [0.1, 0.15) is 21.5 Å². The van der Waals surface area contributed by atoms with Crippen molar-refractivity contribution < 1.29 is 29.3 Å². The van der Waals surface area contributed by atoms with Crippen LogP contribution in [-0.4, -0.2) is 28.4 Å². The van der Waals surface area contributed by atoms with E-state index < -0.39 is 11.9 Å². The molecule has 0 aliphatic heterocycles. The summed E-state index contributed by atoms with van der Waals surface area (Å²) in [4.78, 5) is 30.9. The summed E-state index contributed by atoms with van der Waals surface area (Å²) in [7, 11) is 0. The number of carboxylic acid groups (broad SMARTS) is 1. The summed E-state index contributed by atoms with van der Waals surface area (Å²) in [6.45, 7) is 3.67. The van der Waals surface area contributed by atoms with Crippen LogP contribution in [-0.2, 0) is 9.59 Å². The molecule has 2 aromatic carbocycles. The van der Waals surface area contributed by atoms with E-state index >= 15 is 0 Å². The molecular weight excluding hydrogens is 300 g/mol. The third-order valence-electron chi connectivity index (χ3n) is 2.69. The standard InChI is InChI=1S/C9H8O4.C8H8O2/c1-6-3-2-4-7(5-6)13-9(12)8(10)11;1-6-2-3-7(5-9)8(10)4-6/h2-5H,1H3,(H,10,11);2-5,10H,1H3. The molecule has 0 heterocycles. The number of carbonyl (C=O) groups is 3. The monoisotopic (exact) mass is 316 g/mol. The molecule has 0 bridgehead atoms. The van der Waals surface area contributed by atoms with Gasteiger partial charge in [0.05, 0.1) is 5.56 Å². The van der Waals surface area contributed by atoms with Gasteiger partial charge in [0.1, 0.15) is 11.5 Å². The lowest BCUT2D eigenvalue weighted by molar-refractivity contribution is -0.158. The average Bonchev–Trinajstić information content (AvgIpc) is 2.48. The first kappa shape index (κ1) is 17.9. The van der Waals surface area contributed by atoms with E-state index in [4.69, 9.17) is 10.2 Å². The molecule has 2 rings (SSSR count). The summed E-state index contributed by atoms with van der Waals surface area (Å²) in [5, 5.41) is 17.3. The van der Waals surface area contributed by atoms with Gasteiger partial charge in [-0.15, -0.1) is 0 Å². The van der Waals surface area contributed by atoms with Crippen molar-refractivity contribution >= 4 is 18.2 Å². The van der Waals surface area contributed by atoms with E-state index in [-0.39, 0.29) is 11.5 Å². The SMILES string of the molecule is Cc1ccc(C=O)c(O)c1.Cc1cccc(OC(=O)C(=O)O)c1. The summed E-state index contributed by atoms with van der Waals surface area (Å²) in [5.41, 5.74) is 2.18. The molecule has 0 radical (unpaired) electrons. The highest BCUT2D eigenvalue weighted by molar-refractivity contribution is 6.29. The Labute approximate surface area is 133 Å². The van der Waals surface area contributed by atoms with Gasteiger partial charge in [0.2, 0.25) is 0 Å². The molecule has 0 unspecified atom stereocenters. The van der Waals surface area contributed by atoms with Crippen molar-refractivity contribution in [1.29, 1.82) is 0 Å². The molecule has 2 aromatic rings. The van der Waals surface area contributed by atoms with Crippen molar-refractivity contribution in [3.05, 3.63) is 59.2 Å². The van der Waals surface area contributed by atoms with Crippen molar-refractivity contribution in [3.8, 4) is 11.5 Å². The molecule has 0 aliphatic rings. The number of phenolic OH excluding ortho intramolecular Hbond substituents is 1. The number of hydrogen-bond donors (Lipinski definition) is 2. The van der Waals surface area contributed by atoms with Crippen molar-refractivity contribution in [1.82, 2.24) is 0 Å². The van der Waals surface area contributed by atoms with Gasteiger partial charge in [-0.1, -0.05) is 18.2 Å². The second kappa shape index (κ2) is 8.33. The lowest BCUT2D eigenvalue weighted by Gasteiger charge is -2.00. The number of ether oxygens (including phenoxy) is 1. The van der Waals surface area contributed by atoms with Crippen molar-refractivity contribution in [2.45, 2.75) is 13.8 Å². The largest absolute Gasteiger partial charge is 0.507 e. The molecule has 6 heteroatoms. The zero-order valence-electron chi connectivity index (χ0n) is 12.6. The van der Waals surface area contributed by atoms with E-state index in [1.54, 1.807) is 30.3 Å². The molecular formula is C17H16O6. The first-order valence-electron chi connectivity index (χ1n) is 6.60. The average molecular weight is 316 g/mol. The summed E-state index contributed by atoms with van der Waals surface area (Å²) in [6.07, 6.45) is 0.634. The quantitative estimate of drug-likeness (QED) is 0.382. The Morgan fingerprint density at radius 2 is 1.70 bits per heavy atom. The van der Waals surface area contributed by atoms with Crippen LogP contribution in [0.25, 0.3) is 0 Å². The van der Waals surface area contributed by atoms with E-state index in [1.807, 2.05) is 19.9 Å². The van der Waals surface area contributed by atoms with Crippen LogP contribution in [0.2, 0.25) is 0 Å². The van der Waals surface area contributed by atoms with Crippen molar-refractivity contribution in [3.63, 3.8) is 0 Å². The number of carbonyl (C=O) groups excluding carboxylic acids is 2. The van der Waals surface area contributed by atoms with E-state index in [9.17, 15) is 14.4 Å². The minimum Gasteiger partial charge on any atom is -0.507 e. The van der Waals surface area contributed by atoms with Crippen molar-refractivity contribution in [2.24, 2.45) is 0 Å². The van der Waals surface area contributed by atoms with Gasteiger partial charge in [0, 0.05) is 0 Å². The number of hydrogen-bond acceptors (Lipinski definition) is 5. The fourth-order valence-electron chi connectivity index (χ4n) is 1.58. The summed E-state index contributed by atoms with van der Waals surface area (Å²) in [5.74, 6) is -2.57. The zero-order valence-corrected chi connectivity index (χ0v) is 12.6. The Hall–Kier alpha value is -3.15. The highest BCUT2D eigenvalue weighted by Gasteiger charge is 2.13. The van der Waals surface area contributed by atoms with Gasteiger partial charge in [-0.3, -0.25) is 4.79 Å². The highest BCUT2D eigenvalue weighted by Crippen LogP contribution is 2.15. The van der Waals surface area contributed by atoms with Crippen molar-refractivity contribution in [2.75, 3.05) is 0 Å². The first-order chi connectivity index (χ1) is 10.8. The molecule has 0 saturated heterocycles. The van der Waals surface area contributed by atoms with Gasteiger partial charge >= 0.3 is 11.9 Å². The van der Waals surface area contributed by atoms with Crippen LogP contribution in [0.15, 0.2) is 42.5 Å². The summed E-state index contributed by atoms with van der Waals surface area (Å²) in [6, 6.07) is 11.5. The van der Waals surface area contributed by atoms with E-state index in [0.29, 0.717) is 11.8 Å². The maximum atomic E-state index is 10.6. The second-order valence-corrected chi connectivity index (χ2v) is 4.69. The Bertz CT molecular complexity index is 721. The van der Waals surface area contributed by atoms with Crippen LogP contribution in [0.4, 0.5) is 0 Å². The molecule has 0 aromatic heterocycles. The number of benzene rings is 2. The maximum absolute atomic E-state index is 10.6. The third-order valence-corrected chi connectivity index (χ3v) is 2.69. The van der Waals surface area contributed by atoms with E-state index in [2.05, 4.69) is 4.74 Å². The minimum absolute atomic E-state index is 0.0509. The maximum Gasteiger partial charge on any atom is 0.422 e. The topological polar surface area (TPSA) is 101 Å². The normalized spacial score (nSPS) is 9.30. The number of esters is 1. The molecule has 23 heavy (non-hydrogen) atoms. The molecule has 0 amide bonds. The Kier molecular flexibility index (Phi) is 6.48. The van der Waals surface area contributed by atoms with Crippen LogP contribution >= 0.6 is 0 Å². The summed E-state index contributed by atoms with van der Waals surface area (Å²) >= 11 is 0. The summed E-state index contributed by atoms with van der Waals surface area (Å²) < 4.78 is 4.52. The highest BCUT2D eigenvalue weighted by atomic mass is 16.6. The predicted octanol–water partition coefficient (Wildman–Crippen LogP) is 2.50. The molecule has 2 N–H and O–H groups in total. The minimum atomic E-state index is -1.60. The first-order valence-corrected chi connectivity index (χ1v) is 6.60. The molecule has 120 valence electrons. The molecule has 0 saturated carbocycles. The number of aliphatic carboxylic acids is 1. The Balaban J connectivity index is 0.000000238. The van der Waals surface area contributed by atoms with E-state index in [0.717, 1.165) is 11.1 Å². The zero-order chi connectivity index (χ0) is 17.4. The molecule has 0 fully saturated rings. The van der Waals surface area contributed by atoms with Crippen LogP contribution in [0, 0.1) is 13.8 Å². The lowest BCUT2D eigenvalue weighted by atomic mass is 10.1. The number of aldehydes is 1. The fraction of sp³-hybridized carbons (Fsp3) is 0.118. The number of aryl methyl sites for hydroxylation is 2. The van der Waals surface area contributed by atoms with Gasteiger partial charge in [0.25, 0.3) is 0 Å². The molecule has 0 atom stereocenters. The van der Waals surface area contributed by atoms with Gasteiger partial charge in [-0.25, -0.2) is 9.59 Å². The smallest absolute Gasteiger partial charge is 0.422 e. The predicted molar refractivity (Wildman–Crippen MR) is 82.7 cm³/mol. The van der Waals surface area contributed by atoms with Gasteiger partial charge in [0.15, 0.2) is 6.29 Å². The number of phenols is 1. The fourth-order valence-corrected chi connectivity index (χ4v) is 1.58. The van der Waals surface area contributed by atoms with Crippen LogP contribution in [0.5, 0.6) is 11.5 Å². The molecule has 0 aliphatic carbocycles. The van der Waals surface area contributed by atoms with Crippen LogP contribution < -0.4 is 4.74 Å². The van der Waals surface area contributed by atoms with Crippen LogP contribution in [0.3, 0.4) is 0 Å². The van der Waals surface area contributed by atoms with Gasteiger partial charge < -0.3 is 14.9 Å². The second-order valence-electron chi connectivity index (χ2n) is 4.69.